The number of aliphatic imine (C=N–C) groups is 1. The van der Waals surface area contributed by atoms with Gasteiger partial charge in [-0.3, -0.25) is 0 Å². The number of benzene rings is 1. The van der Waals surface area contributed by atoms with E-state index in [4.69, 9.17) is 19.2 Å². The van der Waals surface area contributed by atoms with Gasteiger partial charge in [0.2, 0.25) is 0 Å². The third-order valence-electron chi connectivity index (χ3n) is 4.00. The van der Waals surface area contributed by atoms with Crippen LogP contribution in [0.1, 0.15) is 39.3 Å². The van der Waals surface area contributed by atoms with Crippen molar-refractivity contribution in [1.82, 2.24) is 5.32 Å². The fourth-order valence-electron chi connectivity index (χ4n) is 2.71. The molecule has 0 spiro atoms. The molecule has 0 aliphatic carbocycles. The Hall–Kier alpha value is -2.15. The molecule has 1 aliphatic rings. The monoisotopic (exact) mass is 392 g/mol. The predicted molar refractivity (Wildman–Crippen MR) is 109 cm³/mol. The number of nitrogens with one attached hydrogen (secondary N) is 1. The molecule has 0 bridgehead atoms. The van der Waals surface area contributed by atoms with Crippen molar-refractivity contribution < 1.29 is 19.0 Å². The summed E-state index contributed by atoms with van der Waals surface area (Å²) in [5.74, 6) is 2.39. The van der Waals surface area contributed by atoms with Crippen molar-refractivity contribution in [2.24, 2.45) is 10.9 Å². The molecule has 0 radical (unpaired) electrons. The normalized spacial score (nSPS) is 16.7. The van der Waals surface area contributed by atoms with Gasteiger partial charge in [-0.15, -0.1) is 0 Å². The van der Waals surface area contributed by atoms with Crippen LogP contribution in [0.4, 0.5) is 0 Å². The molecule has 0 saturated carbocycles. The number of thioether (sulfide) groups is 1. The van der Waals surface area contributed by atoms with Crippen molar-refractivity contribution in [3.05, 3.63) is 35.0 Å². The van der Waals surface area contributed by atoms with E-state index in [0.717, 1.165) is 22.2 Å². The largest absolute Gasteiger partial charge is 0.497 e. The molecule has 1 aliphatic heterocycles. The molecule has 0 amide bonds. The number of hydrogen-bond acceptors (Lipinski definition) is 7. The zero-order chi connectivity index (χ0) is 20.0. The highest BCUT2D eigenvalue weighted by Crippen LogP contribution is 2.39. The predicted octanol–water partition coefficient (Wildman–Crippen LogP) is 3.93. The van der Waals surface area contributed by atoms with Crippen LogP contribution in [0.2, 0.25) is 0 Å². The Morgan fingerprint density at radius 1 is 1.30 bits per heavy atom. The zero-order valence-electron chi connectivity index (χ0n) is 16.8. The van der Waals surface area contributed by atoms with E-state index >= 15 is 0 Å². The molecule has 0 aromatic heterocycles. The summed E-state index contributed by atoms with van der Waals surface area (Å²) in [5.41, 5.74) is 2.04. The van der Waals surface area contributed by atoms with Gasteiger partial charge in [0.05, 0.1) is 26.4 Å². The number of allylic oxidation sites excluding steroid dienone is 1. The molecule has 0 saturated heterocycles. The van der Waals surface area contributed by atoms with Crippen LogP contribution in [0.3, 0.4) is 0 Å². The van der Waals surface area contributed by atoms with Gasteiger partial charge in [0.15, 0.2) is 5.17 Å². The first-order valence-corrected chi connectivity index (χ1v) is 9.97. The summed E-state index contributed by atoms with van der Waals surface area (Å²) in [5, 5.41) is 4.04. The number of nitrogens with zero attached hydrogens (tertiary/aromatic N) is 1. The van der Waals surface area contributed by atoms with Crippen LogP contribution in [-0.2, 0) is 9.53 Å². The topological polar surface area (TPSA) is 69.2 Å². The van der Waals surface area contributed by atoms with Crippen LogP contribution in [-0.4, -0.2) is 37.7 Å². The summed E-state index contributed by atoms with van der Waals surface area (Å²) in [6, 6.07) is 5.02. The summed E-state index contributed by atoms with van der Waals surface area (Å²) in [6.07, 6.45) is 0. The molecule has 1 aromatic rings. The van der Waals surface area contributed by atoms with E-state index in [1.807, 2.05) is 19.1 Å². The molecule has 1 unspecified atom stereocenters. The lowest BCUT2D eigenvalue weighted by Gasteiger charge is -2.27. The van der Waals surface area contributed by atoms with Crippen LogP contribution >= 0.6 is 11.8 Å². The lowest BCUT2D eigenvalue weighted by molar-refractivity contribution is -0.138. The molecule has 2 rings (SSSR count). The van der Waals surface area contributed by atoms with Gasteiger partial charge >= 0.3 is 5.97 Å². The fourth-order valence-corrected chi connectivity index (χ4v) is 3.61. The number of hydrogen-bond donors (Lipinski definition) is 1. The second-order valence-corrected chi connectivity index (χ2v) is 7.54. The fraction of sp³-hybridized carbons (Fsp3) is 0.500. The van der Waals surface area contributed by atoms with Gasteiger partial charge in [-0.1, -0.05) is 25.6 Å². The highest BCUT2D eigenvalue weighted by Gasteiger charge is 2.32. The molecule has 1 N–H and O–H groups in total. The minimum absolute atomic E-state index is 0.306. The molecule has 27 heavy (non-hydrogen) atoms. The second kappa shape index (κ2) is 9.69. The number of carbonyl (C=O) groups is 1. The van der Waals surface area contributed by atoms with Gasteiger partial charge < -0.3 is 19.5 Å². The van der Waals surface area contributed by atoms with Crippen LogP contribution in [0, 0.1) is 5.92 Å². The first kappa shape index (κ1) is 21.2. The summed E-state index contributed by atoms with van der Waals surface area (Å²) >= 11 is 1.64. The quantitative estimate of drug-likeness (QED) is 0.709. The van der Waals surface area contributed by atoms with Crippen molar-refractivity contribution in [1.29, 1.82) is 0 Å². The summed E-state index contributed by atoms with van der Waals surface area (Å²) in [7, 11) is 3.20. The van der Waals surface area contributed by atoms with Crippen LogP contribution in [0.15, 0.2) is 34.5 Å². The third-order valence-corrected chi connectivity index (χ3v) is 5.32. The average Bonchev–Trinajstić information content (AvgIpc) is 2.65. The average molecular weight is 393 g/mol. The lowest BCUT2D eigenvalue weighted by Crippen LogP contribution is -2.31. The van der Waals surface area contributed by atoms with Crippen molar-refractivity contribution >= 4 is 22.9 Å². The Morgan fingerprint density at radius 3 is 2.63 bits per heavy atom. The van der Waals surface area contributed by atoms with E-state index in [1.54, 1.807) is 39.0 Å². The maximum atomic E-state index is 12.6. The Bertz CT molecular complexity index is 743. The van der Waals surface area contributed by atoms with E-state index in [9.17, 15) is 4.79 Å². The smallest absolute Gasteiger partial charge is 0.338 e. The standard InChI is InChI=1S/C20H28N2O4S/c1-7-26-19(23)17-13(4)21-20(27-11-12(2)3)22-18(17)15-9-8-14(24-5)10-16(15)25-6/h8-10,12,18H,7,11H2,1-6H3,(H,21,22). The molecule has 148 valence electrons. The maximum Gasteiger partial charge on any atom is 0.338 e. The van der Waals surface area contributed by atoms with Crippen molar-refractivity contribution in [2.45, 2.75) is 33.7 Å². The van der Waals surface area contributed by atoms with Gasteiger partial charge in [-0.25, -0.2) is 9.79 Å². The van der Waals surface area contributed by atoms with Crippen molar-refractivity contribution in [3.8, 4) is 11.5 Å². The number of amidine groups is 1. The third kappa shape index (κ3) is 5.19. The van der Waals surface area contributed by atoms with Crippen molar-refractivity contribution in [3.63, 3.8) is 0 Å². The van der Waals surface area contributed by atoms with E-state index in [1.165, 1.54) is 0 Å². The minimum atomic E-state index is -0.499. The summed E-state index contributed by atoms with van der Waals surface area (Å²) in [4.78, 5) is 17.4. The number of carbonyl (C=O) groups excluding carboxylic acids is 1. The van der Waals surface area contributed by atoms with Crippen LogP contribution in [0.25, 0.3) is 0 Å². The highest BCUT2D eigenvalue weighted by atomic mass is 32.2. The molecule has 0 fully saturated rings. The maximum absolute atomic E-state index is 12.6. The molecule has 7 heteroatoms. The van der Waals surface area contributed by atoms with Crippen molar-refractivity contribution in [2.75, 3.05) is 26.6 Å². The Labute approximate surface area is 165 Å². The van der Waals surface area contributed by atoms with Gasteiger partial charge in [0.1, 0.15) is 17.5 Å². The van der Waals surface area contributed by atoms with E-state index in [-0.39, 0.29) is 5.97 Å². The Kier molecular flexibility index (Phi) is 7.59. The molecule has 1 aromatic carbocycles. The summed E-state index contributed by atoms with van der Waals surface area (Å²) < 4.78 is 16.1. The SMILES string of the molecule is CCOC(=O)C1=C(C)NC(SCC(C)C)=NC1c1ccc(OC)cc1OC. The highest BCUT2D eigenvalue weighted by molar-refractivity contribution is 8.13. The number of rotatable bonds is 7. The Balaban J connectivity index is 2.49. The van der Waals surface area contributed by atoms with E-state index < -0.39 is 6.04 Å². The Morgan fingerprint density at radius 2 is 2.04 bits per heavy atom. The number of methoxy groups -OCH3 is 2. The molecule has 1 atom stereocenters. The summed E-state index contributed by atoms with van der Waals surface area (Å²) in [6.45, 7) is 8.29. The molecule has 6 nitrogen and oxygen atoms in total. The number of ether oxygens (including phenoxy) is 3. The van der Waals surface area contributed by atoms with Crippen LogP contribution < -0.4 is 14.8 Å². The van der Waals surface area contributed by atoms with Gasteiger partial charge in [0.25, 0.3) is 0 Å². The van der Waals surface area contributed by atoms with Gasteiger partial charge in [-0.2, -0.15) is 0 Å². The molecular formula is C20H28N2O4S. The second-order valence-electron chi connectivity index (χ2n) is 6.53. The first-order valence-electron chi connectivity index (χ1n) is 8.98. The minimum Gasteiger partial charge on any atom is -0.497 e. The van der Waals surface area contributed by atoms with Gasteiger partial charge in [0, 0.05) is 23.1 Å². The molecular weight excluding hydrogens is 364 g/mol. The zero-order valence-corrected chi connectivity index (χ0v) is 17.6. The van der Waals surface area contributed by atoms with Crippen LogP contribution in [0.5, 0.6) is 11.5 Å². The number of esters is 1. The van der Waals surface area contributed by atoms with Gasteiger partial charge in [-0.05, 0) is 31.9 Å². The first-order chi connectivity index (χ1) is 12.9. The van der Waals surface area contributed by atoms with E-state index in [0.29, 0.717) is 29.6 Å². The lowest BCUT2D eigenvalue weighted by atomic mass is 9.95. The molecule has 1 heterocycles. The van der Waals surface area contributed by atoms with E-state index in [2.05, 4.69) is 19.2 Å².